The van der Waals surface area contributed by atoms with Gasteiger partial charge in [0.1, 0.15) is 11.5 Å². The van der Waals surface area contributed by atoms with Crippen molar-refractivity contribution < 1.29 is 10.2 Å². The Bertz CT molecular complexity index is 961. The zero-order valence-corrected chi connectivity index (χ0v) is 19.0. The molecule has 0 radical (unpaired) electrons. The average Bonchev–Trinajstić information content (AvgIpc) is 2.73. The van der Waals surface area contributed by atoms with Crippen molar-refractivity contribution in [2.24, 2.45) is 47.3 Å². The highest BCUT2D eigenvalue weighted by molar-refractivity contribution is 5.87. The Morgan fingerprint density at radius 2 is 0.750 bits per heavy atom. The molecule has 2 aromatic rings. The Kier molecular flexibility index (Phi) is 3.77. The Labute approximate surface area is 191 Å². The van der Waals surface area contributed by atoms with E-state index in [1.54, 1.807) is 0 Å². The van der Waals surface area contributed by atoms with Gasteiger partial charge in [0.25, 0.3) is 0 Å². The summed E-state index contributed by atoms with van der Waals surface area (Å²) in [4.78, 5) is 0. The summed E-state index contributed by atoms with van der Waals surface area (Å²) in [5.74, 6) is 8.95. The molecule has 0 aromatic heterocycles. The molecule has 8 aliphatic rings. The van der Waals surface area contributed by atoms with E-state index in [0.717, 1.165) is 52.7 Å². The lowest BCUT2D eigenvalue weighted by Gasteiger charge is -2.55. The molecule has 2 heteroatoms. The quantitative estimate of drug-likeness (QED) is 0.526. The fraction of sp³-hybridized carbons (Fsp3) is 0.667. The van der Waals surface area contributed by atoms with Crippen molar-refractivity contribution in [2.45, 2.75) is 76.0 Å². The van der Waals surface area contributed by atoms with Crippen molar-refractivity contribution in [1.82, 2.24) is 0 Å². The Balaban J connectivity index is 1.21. The Morgan fingerprint density at radius 3 is 1.09 bits per heavy atom. The number of rotatable bonds is 2. The van der Waals surface area contributed by atoms with Gasteiger partial charge in [0.05, 0.1) is 0 Å². The van der Waals surface area contributed by atoms with Gasteiger partial charge in [-0.2, -0.15) is 0 Å². The fourth-order valence-corrected chi connectivity index (χ4v) is 10.8. The summed E-state index contributed by atoms with van der Waals surface area (Å²) in [5.41, 5.74) is 2.43. The predicted octanol–water partition coefficient (Wildman–Crippen LogP) is 7.33. The zero-order chi connectivity index (χ0) is 21.1. The highest BCUT2D eigenvalue weighted by Gasteiger charge is 2.50. The standard InChI is InChI=1S/C30H36O2/c31-27-13-20-14-28(32)26(30-23-7-17-2-18(9-23)10-24(30)8-17)12-19(20)11-25(27)29-21-3-15-1-16(5-21)6-22(29)4-15/h11-18,21-24,29-32H,1-10H2. The summed E-state index contributed by atoms with van der Waals surface area (Å²) in [6, 6.07) is 8.57. The van der Waals surface area contributed by atoms with Crippen molar-refractivity contribution in [3.05, 3.63) is 35.4 Å². The Hall–Kier alpha value is -1.70. The number of hydrogen-bond donors (Lipinski definition) is 2. The van der Waals surface area contributed by atoms with Crippen LogP contribution in [0.2, 0.25) is 0 Å². The summed E-state index contributed by atoms with van der Waals surface area (Å²) in [5, 5.41) is 24.4. The SMILES string of the molecule is Oc1cc2cc(O)c(C3C4CC5CC(C4)CC3C5)cc2cc1C1C2CC3CC(C2)CC1C3. The molecule has 0 atom stereocenters. The van der Waals surface area contributed by atoms with Crippen LogP contribution in [0.3, 0.4) is 0 Å². The molecule has 8 aliphatic carbocycles. The van der Waals surface area contributed by atoms with Crippen molar-refractivity contribution in [2.75, 3.05) is 0 Å². The van der Waals surface area contributed by atoms with Crippen LogP contribution in [-0.4, -0.2) is 10.2 Å². The third-order valence-electron chi connectivity index (χ3n) is 11.3. The minimum Gasteiger partial charge on any atom is -0.508 e. The molecular weight excluding hydrogens is 392 g/mol. The number of aromatic hydroxyl groups is 2. The molecule has 0 saturated heterocycles. The van der Waals surface area contributed by atoms with Crippen LogP contribution in [0.5, 0.6) is 11.5 Å². The van der Waals surface area contributed by atoms with Gasteiger partial charge in [-0.05, 0) is 170 Å². The molecule has 8 bridgehead atoms. The zero-order valence-electron chi connectivity index (χ0n) is 19.0. The topological polar surface area (TPSA) is 40.5 Å². The smallest absolute Gasteiger partial charge is 0.119 e. The van der Waals surface area contributed by atoms with Gasteiger partial charge < -0.3 is 10.2 Å². The van der Waals surface area contributed by atoms with E-state index in [1.165, 1.54) is 80.7 Å². The molecule has 168 valence electrons. The lowest BCUT2D eigenvalue weighted by molar-refractivity contribution is -0.00352. The third kappa shape index (κ3) is 2.59. The molecule has 2 nitrogen and oxygen atoms in total. The third-order valence-corrected chi connectivity index (χ3v) is 11.3. The van der Waals surface area contributed by atoms with Crippen molar-refractivity contribution >= 4 is 10.8 Å². The van der Waals surface area contributed by atoms with Crippen molar-refractivity contribution in [1.29, 1.82) is 0 Å². The Morgan fingerprint density at radius 1 is 0.438 bits per heavy atom. The number of benzene rings is 2. The first-order chi connectivity index (χ1) is 15.6. The van der Waals surface area contributed by atoms with Crippen LogP contribution in [-0.2, 0) is 0 Å². The second kappa shape index (κ2) is 6.45. The first kappa shape index (κ1) is 18.7. The van der Waals surface area contributed by atoms with Gasteiger partial charge in [-0.1, -0.05) is 0 Å². The maximum atomic E-state index is 11.1. The largest absolute Gasteiger partial charge is 0.508 e. The summed E-state index contributed by atoms with van der Waals surface area (Å²) < 4.78 is 0. The first-order valence-electron chi connectivity index (χ1n) is 13.6. The molecule has 0 spiro atoms. The van der Waals surface area contributed by atoms with Gasteiger partial charge in [0.2, 0.25) is 0 Å². The van der Waals surface area contributed by atoms with E-state index in [-0.39, 0.29) is 0 Å². The minimum absolute atomic E-state index is 0.469. The summed E-state index contributed by atoms with van der Waals surface area (Å²) in [6.07, 6.45) is 14.0. The van der Waals surface area contributed by atoms with Gasteiger partial charge in [-0.3, -0.25) is 0 Å². The van der Waals surface area contributed by atoms with E-state index in [0.29, 0.717) is 23.3 Å². The van der Waals surface area contributed by atoms with E-state index < -0.39 is 0 Å². The predicted molar refractivity (Wildman–Crippen MR) is 127 cm³/mol. The van der Waals surface area contributed by atoms with E-state index >= 15 is 0 Å². The van der Waals surface area contributed by atoms with Gasteiger partial charge in [-0.15, -0.1) is 0 Å². The highest BCUT2D eigenvalue weighted by atomic mass is 16.3. The molecule has 8 fully saturated rings. The second-order valence-electron chi connectivity index (χ2n) is 13.1. The van der Waals surface area contributed by atoms with Crippen LogP contribution in [0, 0.1) is 47.3 Å². The molecule has 32 heavy (non-hydrogen) atoms. The molecule has 0 amide bonds. The van der Waals surface area contributed by atoms with E-state index in [2.05, 4.69) is 12.1 Å². The van der Waals surface area contributed by atoms with Crippen LogP contribution in [0.1, 0.15) is 87.2 Å². The number of phenolic OH excluding ortho intramolecular Hbond substituents is 2. The van der Waals surface area contributed by atoms with Gasteiger partial charge >= 0.3 is 0 Å². The number of hydrogen-bond acceptors (Lipinski definition) is 2. The average molecular weight is 429 g/mol. The van der Waals surface area contributed by atoms with Crippen LogP contribution < -0.4 is 0 Å². The number of phenols is 2. The maximum Gasteiger partial charge on any atom is 0.119 e. The molecule has 0 heterocycles. The van der Waals surface area contributed by atoms with Crippen LogP contribution >= 0.6 is 0 Å². The fourth-order valence-electron chi connectivity index (χ4n) is 10.8. The van der Waals surface area contributed by atoms with E-state index in [4.69, 9.17) is 0 Å². The molecule has 2 aromatic carbocycles. The summed E-state index contributed by atoms with van der Waals surface area (Å²) in [6.45, 7) is 0. The molecule has 0 aliphatic heterocycles. The molecular formula is C30H36O2. The van der Waals surface area contributed by atoms with Gasteiger partial charge in [-0.25, -0.2) is 0 Å². The lowest BCUT2D eigenvalue weighted by Crippen LogP contribution is -2.43. The van der Waals surface area contributed by atoms with Crippen molar-refractivity contribution in [3.8, 4) is 11.5 Å². The van der Waals surface area contributed by atoms with Crippen LogP contribution in [0.15, 0.2) is 24.3 Å². The summed E-state index contributed by atoms with van der Waals surface area (Å²) >= 11 is 0. The normalized spacial score (nSPS) is 45.8. The molecule has 2 N–H and O–H groups in total. The summed E-state index contributed by atoms with van der Waals surface area (Å²) in [7, 11) is 0. The van der Waals surface area contributed by atoms with Gasteiger partial charge in [0, 0.05) is 0 Å². The molecule has 0 unspecified atom stereocenters. The minimum atomic E-state index is 0.469. The van der Waals surface area contributed by atoms with Crippen LogP contribution in [0.25, 0.3) is 10.8 Å². The van der Waals surface area contributed by atoms with Crippen molar-refractivity contribution in [3.63, 3.8) is 0 Å². The van der Waals surface area contributed by atoms with E-state index in [1.807, 2.05) is 12.1 Å². The van der Waals surface area contributed by atoms with E-state index in [9.17, 15) is 10.2 Å². The molecule has 10 rings (SSSR count). The van der Waals surface area contributed by atoms with Gasteiger partial charge in [0.15, 0.2) is 0 Å². The lowest BCUT2D eigenvalue weighted by atomic mass is 9.50. The number of fused-ring (bicyclic) bond motifs is 1. The highest BCUT2D eigenvalue weighted by Crippen LogP contribution is 2.62. The first-order valence-corrected chi connectivity index (χ1v) is 13.6. The second-order valence-corrected chi connectivity index (χ2v) is 13.1. The monoisotopic (exact) mass is 428 g/mol. The molecule has 8 saturated carbocycles. The van der Waals surface area contributed by atoms with Crippen LogP contribution in [0.4, 0.5) is 0 Å². The maximum absolute atomic E-state index is 11.1.